The minimum Gasteiger partial charge on any atom is -0.351 e. The third-order valence-electron chi connectivity index (χ3n) is 2.46. The molecule has 5 nitrogen and oxygen atoms in total. The molecule has 1 aromatic heterocycles. The van der Waals surface area contributed by atoms with Gasteiger partial charge in [-0.25, -0.2) is 4.98 Å². The van der Waals surface area contributed by atoms with E-state index in [1.165, 1.54) is 0 Å². The SMILES string of the molecule is Br.Cc1cccc(NC2=NC[C@@H](CCN)N2)n1. The number of hydrogen-bond acceptors (Lipinski definition) is 5. The molecule has 0 saturated carbocycles. The van der Waals surface area contributed by atoms with E-state index in [2.05, 4.69) is 20.6 Å². The molecule has 0 spiro atoms. The minimum absolute atomic E-state index is 0. The van der Waals surface area contributed by atoms with Crippen LogP contribution < -0.4 is 16.4 Å². The van der Waals surface area contributed by atoms with Gasteiger partial charge in [-0.05, 0) is 32.0 Å². The predicted octanol–water partition coefficient (Wildman–Crippen LogP) is 1.06. The Morgan fingerprint density at radius 3 is 3.06 bits per heavy atom. The second-order valence-electron chi connectivity index (χ2n) is 3.90. The average molecular weight is 300 g/mol. The van der Waals surface area contributed by atoms with Crippen LogP contribution in [-0.2, 0) is 0 Å². The Kier molecular flexibility index (Phi) is 5.37. The molecule has 2 heterocycles. The summed E-state index contributed by atoms with van der Waals surface area (Å²) in [6, 6.07) is 6.22. The molecule has 2 rings (SSSR count). The lowest BCUT2D eigenvalue weighted by Crippen LogP contribution is -2.35. The van der Waals surface area contributed by atoms with Gasteiger partial charge in [0.2, 0.25) is 0 Å². The number of nitrogens with one attached hydrogen (secondary N) is 2. The number of nitrogens with two attached hydrogens (primary N) is 1. The summed E-state index contributed by atoms with van der Waals surface area (Å²) in [5.41, 5.74) is 6.49. The minimum atomic E-state index is 0. The first-order valence-corrected chi connectivity index (χ1v) is 5.49. The Morgan fingerprint density at radius 1 is 1.53 bits per heavy atom. The Bertz CT molecular complexity index is 393. The molecular weight excluding hydrogens is 282 g/mol. The highest BCUT2D eigenvalue weighted by molar-refractivity contribution is 8.93. The third kappa shape index (κ3) is 3.98. The van der Waals surface area contributed by atoms with Crippen LogP contribution in [-0.4, -0.2) is 30.1 Å². The lowest BCUT2D eigenvalue weighted by molar-refractivity contribution is 0.609. The van der Waals surface area contributed by atoms with E-state index in [0.29, 0.717) is 12.6 Å². The third-order valence-corrected chi connectivity index (χ3v) is 2.46. The maximum absolute atomic E-state index is 5.50. The van der Waals surface area contributed by atoms with Gasteiger partial charge in [-0.2, -0.15) is 0 Å². The summed E-state index contributed by atoms with van der Waals surface area (Å²) in [4.78, 5) is 8.71. The Labute approximate surface area is 112 Å². The van der Waals surface area contributed by atoms with E-state index >= 15 is 0 Å². The van der Waals surface area contributed by atoms with Gasteiger partial charge in [-0.1, -0.05) is 6.07 Å². The fourth-order valence-electron chi connectivity index (χ4n) is 1.66. The van der Waals surface area contributed by atoms with Crippen molar-refractivity contribution in [3.63, 3.8) is 0 Å². The van der Waals surface area contributed by atoms with Crippen LogP contribution in [0.2, 0.25) is 0 Å². The van der Waals surface area contributed by atoms with Gasteiger partial charge >= 0.3 is 0 Å². The largest absolute Gasteiger partial charge is 0.351 e. The van der Waals surface area contributed by atoms with E-state index in [-0.39, 0.29) is 17.0 Å². The normalized spacial score (nSPS) is 18.0. The Morgan fingerprint density at radius 2 is 2.35 bits per heavy atom. The van der Waals surface area contributed by atoms with E-state index < -0.39 is 0 Å². The van der Waals surface area contributed by atoms with Crippen molar-refractivity contribution in [3.8, 4) is 0 Å². The Balaban J connectivity index is 0.00000144. The summed E-state index contributed by atoms with van der Waals surface area (Å²) >= 11 is 0. The number of aryl methyl sites for hydroxylation is 1. The quantitative estimate of drug-likeness (QED) is 0.780. The molecule has 0 radical (unpaired) electrons. The molecule has 1 aliphatic rings. The topological polar surface area (TPSA) is 75.3 Å². The van der Waals surface area contributed by atoms with Crippen LogP contribution >= 0.6 is 17.0 Å². The number of guanidine groups is 1. The number of hydrogen-bond donors (Lipinski definition) is 3. The van der Waals surface area contributed by atoms with Crippen molar-refractivity contribution in [1.29, 1.82) is 0 Å². The molecule has 0 unspecified atom stereocenters. The van der Waals surface area contributed by atoms with Gasteiger partial charge in [0.1, 0.15) is 5.82 Å². The van der Waals surface area contributed by atoms with E-state index in [9.17, 15) is 0 Å². The average Bonchev–Trinajstić information content (AvgIpc) is 2.66. The van der Waals surface area contributed by atoms with E-state index in [1.807, 2.05) is 25.1 Å². The number of pyridine rings is 1. The molecule has 0 bridgehead atoms. The van der Waals surface area contributed by atoms with Gasteiger partial charge in [-0.3, -0.25) is 4.99 Å². The molecule has 4 N–H and O–H groups in total. The zero-order valence-electron chi connectivity index (χ0n) is 9.81. The number of aliphatic imine (C=N–C) groups is 1. The summed E-state index contributed by atoms with van der Waals surface area (Å²) in [5.74, 6) is 1.61. The highest BCUT2D eigenvalue weighted by Crippen LogP contribution is 2.06. The van der Waals surface area contributed by atoms with Crippen LogP contribution in [0.1, 0.15) is 12.1 Å². The van der Waals surface area contributed by atoms with Crippen LogP contribution in [0, 0.1) is 6.92 Å². The summed E-state index contributed by atoms with van der Waals surface area (Å²) in [6.07, 6.45) is 0.940. The molecule has 0 aromatic carbocycles. The van der Waals surface area contributed by atoms with E-state index in [4.69, 9.17) is 5.73 Å². The number of halogens is 1. The summed E-state index contributed by atoms with van der Waals surface area (Å²) in [5, 5.41) is 6.44. The van der Waals surface area contributed by atoms with Crippen molar-refractivity contribution in [2.75, 3.05) is 18.4 Å². The number of aromatic nitrogens is 1. The zero-order chi connectivity index (χ0) is 11.4. The molecule has 17 heavy (non-hydrogen) atoms. The van der Waals surface area contributed by atoms with Crippen molar-refractivity contribution in [3.05, 3.63) is 23.9 Å². The molecule has 0 aliphatic carbocycles. The van der Waals surface area contributed by atoms with Crippen LogP contribution in [0.15, 0.2) is 23.2 Å². The first kappa shape index (κ1) is 13.9. The molecule has 1 aliphatic heterocycles. The molecule has 1 aromatic rings. The van der Waals surface area contributed by atoms with Crippen molar-refractivity contribution in [2.45, 2.75) is 19.4 Å². The van der Waals surface area contributed by atoms with Gasteiger partial charge < -0.3 is 16.4 Å². The summed E-state index contributed by atoms with van der Waals surface area (Å²) in [6.45, 7) is 3.43. The van der Waals surface area contributed by atoms with Crippen LogP contribution in [0.5, 0.6) is 0 Å². The van der Waals surface area contributed by atoms with Crippen LogP contribution in [0.4, 0.5) is 5.82 Å². The molecule has 0 saturated heterocycles. The molecule has 6 heteroatoms. The van der Waals surface area contributed by atoms with Crippen molar-refractivity contribution in [1.82, 2.24) is 10.3 Å². The number of nitrogens with zero attached hydrogens (tertiary/aromatic N) is 2. The van der Waals surface area contributed by atoms with Crippen molar-refractivity contribution in [2.24, 2.45) is 10.7 Å². The van der Waals surface area contributed by atoms with Gasteiger partial charge in [-0.15, -0.1) is 17.0 Å². The van der Waals surface area contributed by atoms with Gasteiger partial charge in [0.15, 0.2) is 5.96 Å². The fourth-order valence-corrected chi connectivity index (χ4v) is 1.66. The smallest absolute Gasteiger partial charge is 0.197 e. The second kappa shape index (κ2) is 6.56. The van der Waals surface area contributed by atoms with Crippen LogP contribution in [0.3, 0.4) is 0 Å². The van der Waals surface area contributed by atoms with Gasteiger partial charge in [0, 0.05) is 11.7 Å². The standard InChI is InChI=1S/C11H17N5.BrH/c1-8-3-2-4-10(14-8)16-11-13-7-9(15-11)5-6-12;/h2-4,9H,5-7,12H2,1H3,(H2,13,14,15,16);1H/t9-;/m1./s1. The predicted molar refractivity (Wildman–Crippen MR) is 75.8 cm³/mol. The Hall–Kier alpha value is -1.14. The van der Waals surface area contributed by atoms with E-state index in [0.717, 1.165) is 30.4 Å². The van der Waals surface area contributed by atoms with Gasteiger partial charge in [0.05, 0.1) is 6.54 Å². The van der Waals surface area contributed by atoms with Crippen molar-refractivity contribution < 1.29 is 0 Å². The summed E-state index contributed by atoms with van der Waals surface area (Å²) < 4.78 is 0. The fraction of sp³-hybridized carbons (Fsp3) is 0.455. The lowest BCUT2D eigenvalue weighted by atomic mass is 10.2. The number of anilines is 1. The molecular formula is C11H18BrN5. The first-order chi connectivity index (χ1) is 7.78. The molecule has 0 fully saturated rings. The van der Waals surface area contributed by atoms with Crippen molar-refractivity contribution >= 4 is 28.8 Å². The molecule has 94 valence electrons. The maximum Gasteiger partial charge on any atom is 0.197 e. The highest BCUT2D eigenvalue weighted by atomic mass is 79.9. The first-order valence-electron chi connectivity index (χ1n) is 5.49. The van der Waals surface area contributed by atoms with E-state index in [1.54, 1.807) is 0 Å². The lowest BCUT2D eigenvalue weighted by Gasteiger charge is -2.11. The maximum atomic E-state index is 5.50. The molecule has 1 atom stereocenters. The molecule has 0 amide bonds. The summed E-state index contributed by atoms with van der Waals surface area (Å²) in [7, 11) is 0. The monoisotopic (exact) mass is 299 g/mol. The van der Waals surface area contributed by atoms with Crippen LogP contribution in [0.25, 0.3) is 0 Å². The second-order valence-corrected chi connectivity index (χ2v) is 3.90. The zero-order valence-corrected chi connectivity index (χ0v) is 11.5. The highest BCUT2D eigenvalue weighted by Gasteiger charge is 2.16. The number of rotatable bonds is 3. The van der Waals surface area contributed by atoms with Gasteiger partial charge in [0.25, 0.3) is 0 Å².